The van der Waals surface area contributed by atoms with Gasteiger partial charge in [0.15, 0.2) is 11.8 Å². The standard InChI is InChI=1S/C20H23ClN6/c1-14-10-15(2)27(26-14)19-9-8-16(11-23-19)12-24-20(22-3)25-13-17-6-4-5-7-18(17)21/h4-11H,12-13H2,1-3H3,(H2,22,24,25). The lowest BCUT2D eigenvalue weighted by Crippen LogP contribution is -2.36. The van der Waals surface area contributed by atoms with Crippen LogP contribution < -0.4 is 10.6 Å². The van der Waals surface area contributed by atoms with Gasteiger partial charge in [-0.1, -0.05) is 35.9 Å². The summed E-state index contributed by atoms with van der Waals surface area (Å²) >= 11 is 6.19. The van der Waals surface area contributed by atoms with E-state index in [4.69, 9.17) is 11.6 Å². The van der Waals surface area contributed by atoms with Gasteiger partial charge in [-0.3, -0.25) is 4.99 Å². The summed E-state index contributed by atoms with van der Waals surface area (Å²) in [4.78, 5) is 8.76. The Hall–Kier alpha value is -2.86. The molecule has 0 radical (unpaired) electrons. The van der Waals surface area contributed by atoms with Gasteiger partial charge < -0.3 is 10.6 Å². The second-order valence-corrected chi connectivity index (χ2v) is 6.64. The molecular weight excluding hydrogens is 360 g/mol. The van der Waals surface area contributed by atoms with E-state index < -0.39 is 0 Å². The summed E-state index contributed by atoms with van der Waals surface area (Å²) in [6.45, 7) is 5.22. The van der Waals surface area contributed by atoms with Gasteiger partial charge in [-0.2, -0.15) is 5.10 Å². The fraction of sp³-hybridized carbons (Fsp3) is 0.250. The van der Waals surface area contributed by atoms with Gasteiger partial charge >= 0.3 is 0 Å². The third-order valence-corrected chi connectivity index (χ3v) is 4.49. The summed E-state index contributed by atoms with van der Waals surface area (Å²) in [6.07, 6.45) is 1.85. The average molecular weight is 383 g/mol. The van der Waals surface area contributed by atoms with E-state index in [1.54, 1.807) is 7.05 Å². The third kappa shape index (κ3) is 4.86. The van der Waals surface area contributed by atoms with Crippen molar-refractivity contribution in [3.05, 3.63) is 76.2 Å². The number of aryl methyl sites for hydroxylation is 2. The molecule has 0 spiro atoms. The Morgan fingerprint density at radius 1 is 1.11 bits per heavy atom. The molecule has 0 unspecified atom stereocenters. The van der Waals surface area contributed by atoms with E-state index in [2.05, 4.69) is 25.7 Å². The Bertz CT molecular complexity index is 930. The number of hydrogen-bond acceptors (Lipinski definition) is 3. The molecule has 27 heavy (non-hydrogen) atoms. The maximum atomic E-state index is 6.19. The first-order valence-electron chi connectivity index (χ1n) is 8.73. The monoisotopic (exact) mass is 382 g/mol. The SMILES string of the molecule is CN=C(NCc1ccc(-n2nc(C)cc2C)nc1)NCc1ccccc1Cl. The lowest BCUT2D eigenvalue weighted by molar-refractivity contribution is 0.790. The molecule has 0 bridgehead atoms. The zero-order valence-electron chi connectivity index (χ0n) is 15.7. The Morgan fingerprint density at radius 2 is 1.89 bits per heavy atom. The van der Waals surface area contributed by atoms with Crippen molar-refractivity contribution in [2.75, 3.05) is 7.05 Å². The van der Waals surface area contributed by atoms with E-state index in [9.17, 15) is 0 Å². The van der Waals surface area contributed by atoms with Crippen LogP contribution in [0.4, 0.5) is 0 Å². The summed E-state index contributed by atoms with van der Waals surface area (Å²) in [5.74, 6) is 1.52. The molecule has 2 heterocycles. The fourth-order valence-electron chi connectivity index (χ4n) is 2.73. The number of aliphatic imine (C=N–C) groups is 1. The quantitative estimate of drug-likeness (QED) is 0.524. The van der Waals surface area contributed by atoms with Gasteiger partial charge in [0.25, 0.3) is 0 Å². The molecular formula is C20H23ClN6. The van der Waals surface area contributed by atoms with E-state index >= 15 is 0 Å². The first-order valence-corrected chi connectivity index (χ1v) is 9.11. The number of guanidine groups is 1. The zero-order chi connectivity index (χ0) is 19.2. The molecule has 7 heteroatoms. The summed E-state index contributed by atoms with van der Waals surface area (Å²) < 4.78 is 1.84. The average Bonchev–Trinajstić information content (AvgIpc) is 3.02. The third-order valence-electron chi connectivity index (χ3n) is 4.12. The number of pyridine rings is 1. The summed E-state index contributed by atoms with van der Waals surface area (Å²) in [7, 11) is 1.74. The van der Waals surface area contributed by atoms with E-state index in [1.807, 2.05) is 67.2 Å². The Kier molecular flexibility index (Phi) is 6.08. The molecule has 0 fully saturated rings. The van der Waals surface area contributed by atoms with Crippen molar-refractivity contribution in [3.8, 4) is 5.82 Å². The van der Waals surface area contributed by atoms with Crippen LogP contribution in [0.25, 0.3) is 5.82 Å². The maximum absolute atomic E-state index is 6.19. The predicted octanol–water partition coefficient (Wildman–Crippen LogP) is 3.40. The predicted molar refractivity (Wildman–Crippen MR) is 109 cm³/mol. The van der Waals surface area contributed by atoms with Crippen LogP contribution in [0.15, 0.2) is 53.7 Å². The normalized spacial score (nSPS) is 11.5. The first-order chi connectivity index (χ1) is 13.1. The molecule has 0 saturated heterocycles. The van der Waals surface area contributed by atoms with E-state index in [-0.39, 0.29) is 0 Å². The molecule has 2 N–H and O–H groups in total. The van der Waals surface area contributed by atoms with Gasteiger partial charge in [-0.15, -0.1) is 0 Å². The highest BCUT2D eigenvalue weighted by molar-refractivity contribution is 6.31. The molecule has 1 aromatic carbocycles. The van der Waals surface area contributed by atoms with Crippen molar-refractivity contribution in [2.45, 2.75) is 26.9 Å². The summed E-state index contributed by atoms with van der Waals surface area (Å²) in [6, 6.07) is 13.8. The largest absolute Gasteiger partial charge is 0.352 e. The lowest BCUT2D eigenvalue weighted by atomic mass is 10.2. The number of nitrogens with zero attached hydrogens (tertiary/aromatic N) is 4. The number of nitrogens with one attached hydrogen (secondary N) is 2. The van der Waals surface area contributed by atoms with Gasteiger partial charge in [0, 0.05) is 37.1 Å². The molecule has 0 aliphatic heterocycles. The van der Waals surface area contributed by atoms with Gasteiger partial charge in [0.05, 0.1) is 5.69 Å². The van der Waals surface area contributed by atoms with Crippen molar-refractivity contribution in [2.24, 2.45) is 4.99 Å². The number of rotatable bonds is 5. The van der Waals surface area contributed by atoms with Crippen LogP contribution in [0, 0.1) is 13.8 Å². The van der Waals surface area contributed by atoms with Crippen LogP contribution in [-0.2, 0) is 13.1 Å². The highest BCUT2D eigenvalue weighted by atomic mass is 35.5. The highest BCUT2D eigenvalue weighted by Crippen LogP contribution is 2.14. The molecule has 0 aliphatic carbocycles. The van der Waals surface area contributed by atoms with Crippen LogP contribution in [0.3, 0.4) is 0 Å². The molecule has 0 amide bonds. The molecule has 6 nitrogen and oxygen atoms in total. The minimum absolute atomic E-state index is 0.606. The molecule has 140 valence electrons. The van der Waals surface area contributed by atoms with E-state index in [0.29, 0.717) is 19.0 Å². The van der Waals surface area contributed by atoms with Gasteiger partial charge in [-0.25, -0.2) is 9.67 Å². The second-order valence-electron chi connectivity index (χ2n) is 6.23. The molecule has 0 atom stereocenters. The summed E-state index contributed by atoms with van der Waals surface area (Å²) in [5.41, 5.74) is 4.13. The topological polar surface area (TPSA) is 67.1 Å². The number of aromatic nitrogens is 3. The number of halogens is 1. The van der Waals surface area contributed by atoms with Crippen LogP contribution in [0.2, 0.25) is 5.02 Å². The van der Waals surface area contributed by atoms with Crippen LogP contribution in [0.1, 0.15) is 22.5 Å². The van der Waals surface area contributed by atoms with Crippen molar-refractivity contribution in [1.29, 1.82) is 0 Å². The van der Waals surface area contributed by atoms with Crippen molar-refractivity contribution in [1.82, 2.24) is 25.4 Å². The smallest absolute Gasteiger partial charge is 0.191 e. The van der Waals surface area contributed by atoms with E-state index in [1.165, 1.54) is 0 Å². The van der Waals surface area contributed by atoms with Gasteiger partial charge in [0.2, 0.25) is 0 Å². The second kappa shape index (κ2) is 8.68. The van der Waals surface area contributed by atoms with Crippen molar-refractivity contribution in [3.63, 3.8) is 0 Å². The first kappa shape index (κ1) is 18.9. The Morgan fingerprint density at radius 3 is 2.52 bits per heavy atom. The van der Waals surface area contributed by atoms with Gasteiger partial charge in [0.1, 0.15) is 0 Å². The van der Waals surface area contributed by atoms with Crippen molar-refractivity contribution >= 4 is 17.6 Å². The van der Waals surface area contributed by atoms with Gasteiger partial charge in [-0.05, 0) is 43.2 Å². The fourth-order valence-corrected chi connectivity index (χ4v) is 2.94. The minimum Gasteiger partial charge on any atom is -0.352 e. The van der Waals surface area contributed by atoms with Crippen LogP contribution in [-0.4, -0.2) is 27.8 Å². The molecule has 0 saturated carbocycles. The van der Waals surface area contributed by atoms with Crippen LogP contribution in [0.5, 0.6) is 0 Å². The highest BCUT2D eigenvalue weighted by Gasteiger charge is 2.06. The Labute approximate surface area is 164 Å². The molecule has 3 aromatic rings. The number of hydrogen-bond donors (Lipinski definition) is 2. The zero-order valence-corrected chi connectivity index (χ0v) is 16.5. The minimum atomic E-state index is 0.606. The van der Waals surface area contributed by atoms with Crippen LogP contribution >= 0.6 is 11.6 Å². The molecule has 0 aliphatic rings. The number of benzene rings is 1. The maximum Gasteiger partial charge on any atom is 0.191 e. The summed E-state index contributed by atoms with van der Waals surface area (Å²) in [5, 5.41) is 11.7. The lowest BCUT2D eigenvalue weighted by Gasteiger charge is -2.13. The van der Waals surface area contributed by atoms with E-state index in [0.717, 1.165) is 33.4 Å². The molecule has 3 rings (SSSR count). The molecule has 2 aromatic heterocycles. The van der Waals surface area contributed by atoms with Crippen molar-refractivity contribution < 1.29 is 0 Å². The Balaban J connectivity index is 1.57.